The molecule has 9 nitrogen and oxygen atoms in total. The molecule has 4 aromatic rings. The van der Waals surface area contributed by atoms with E-state index in [1.54, 1.807) is 31.4 Å². The van der Waals surface area contributed by atoms with E-state index in [-0.39, 0.29) is 22.6 Å². The Morgan fingerprint density at radius 3 is 2.40 bits per heavy atom. The first kappa shape index (κ1) is 26.9. The molecule has 1 fully saturated rings. The number of aliphatic carboxylic acids is 1. The van der Waals surface area contributed by atoms with Crippen LogP contribution in [0, 0.1) is 35.7 Å². The number of likely N-dealkylation sites (tertiary alicyclic amines) is 1. The van der Waals surface area contributed by atoms with Crippen molar-refractivity contribution in [1.29, 1.82) is 0 Å². The summed E-state index contributed by atoms with van der Waals surface area (Å²) in [7, 11) is 0. The molecule has 3 heterocycles. The molecule has 1 aliphatic heterocycles. The van der Waals surface area contributed by atoms with Gasteiger partial charge in [-0.1, -0.05) is 18.2 Å². The van der Waals surface area contributed by atoms with Crippen molar-refractivity contribution < 1.29 is 33.2 Å². The number of carboxylic acid groups (broad SMARTS) is 1. The molecule has 1 saturated heterocycles. The molecule has 2 aromatic heterocycles. The predicted octanol–water partition coefficient (Wildman–Crippen LogP) is 5.94. The minimum absolute atomic E-state index is 0.0265. The smallest absolute Gasteiger partial charge is 0.327 e. The van der Waals surface area contributed by atoms with E-state index in [1.165, 1.54) is 53.8 Å². The van der Waals surface area contributed by atoms with E-state index in [2.05, 4.69) is 0 Å². The van der Waals surface area contributed by atoms with Crippen LogP contribution in [0.2, 0.25) is 0 Å². The van der Waals surface area contributed by atoms with Gasteiger partial charge in [0.25, 0.3) is 11.6 Å². The molecule has 0 saturated carbocycles. The molecule has 4 atom stereocenters. The maximum Gasteiger partial charge on any atom is 0.327 e. The summed E-state index contributed by atoms with van der Waals surface area (Å²) in [5, 5.41) is 24.0. The largest absolute Gasteiger partial charge is 0.480 e. The highest BCUT2D eigenvalue weighted by Gasteiger charge is 2.59. The summed E-state index contributed by atoms with van der Waals surface area (Å²) < 4.78 is 19.8. The quantitative estimate of drug-likeness (QED) is 0.168. The first-order chi connectivity index (χ1) is 19.1. The fraction of sp³-hybridized carbons (Fsp3) is 0.207. The third-order valence-electron chi connectivity index (χ3n) is 7.14. The maximum absolute atomic E-state index is 14.2. The number of halogens is 1. The number of Topliss-reactive ketones (excluding diaryl/α,β-unsaturated/α-hetero) is 1. The minimum Gasteiger partial charge on any atom is -0.480 e. The van der Waals surface area contributed by atoms with Gasteiger partial charge in [-0.15, -0.1) is 11.3 Å². The van der Waals surface area contributed by atoms with Crippen LogP contribution in [0.25, 0.3) is 0 Å². The van der Waals surface area contributed by atoms with Gasteiger partial charge in [-0.05, 0) is 66.8 Å². The van der Waals surface area contributed by atoms with E-state index in [0.717, 1.165) is 22.6 Å². The number of thiophene rings is 1. The maximum atomic E-state index is 14.2. The SMILES string of the molecule is Cc1ccc(C(=O)C2C(c3sccc3C)C(C(=O)O)N(C(=O)c3cccc(F)c3)C2c2cccc([N+](=O)[O-])c2)o1. The van der Waals surface area contributed by atoms with E-state index < -0.39 is 52.3 Å². The monoisotopic (exact) mass is 562 g/mol. The molecule has 11 heteroatoms. The van der Waals surface area contributed by atoms with E-state index >= 15 is 0 Å². The topological polar surface area (TPSA) is 131 Å². The molecule has 204 valence electrons. The lowest BCUT2D eigenvalue weighted by Crippen LogP contribution is -2.43. The molecule has 0 aliphatic carbocycles. The second-order valence-corrected chi connectivity index (χ2v) is 10.5. The van der Waals surface area contributed by atoms with E-state index in [1.807, 2.05) is 0 Å². The number of hydrogen-bond acceptors (Lipinski definition) is 7. The number of carbonyl (C=O) groups is 3. The third kappa shape index (κ3) is 4.68. The van der Waals surface area contributed by atoms with Crippen LogP contribution in [0.5, 0.6) is 0 Å². The van der Waals surface area contributed by atoms with Crippen LogP contribution in [0.3, 0.4) is 0 Å². The average molecular weight is 563 g/mol. The second kappa shape index (κ2) is 10.5. The molecule has 40 heavy (non-hydrogen) atoms. The van der Waals surface area contributed by atoms with Crippen LogP contribution >= 0.6 is 11.3 Å². The van der Waals surface area contributed by atoms with Crippen molar-refractivity contribution in [2.45, 2.75) is 31.8 Å². The molecule has 1 amide bonds. The number of benzene rings is 2. The lowest BCUT2D eigenvalue weighted by molar-refractivity contribution is -0.385. The van der Waals surface area contributed by atoms with Gasteiger partial charge in [0.15, 0.2) is 5.76 Å². The summed E-state index contributed by atoms with van der Waals surface area (Å²) in [6, 6.07) is 12.3. The summed E-state index contributed by atoms with van der Waals surface area (Å²) in [4.78, 5) is 53.9. The zero-order valence-corrected chi connectivity index (χ0v) is 22.1. The Balaban J connectivity index is 1.80. The first-order valence-corrected chi connectivity index (χ1v) is 13.2. The Hall–Kier alpha value is -4.64. The minimum atomic E-state index is -1.55. The normalized spacial score (nSPS) is 20.4. The van der Waals surface area contributed by atoms with E-state index in [9.17, 15) is 34.0 Å². The summed E-state index contributed by atoms with van der Waals surface area (Å²) in [5.41, 5.74) is 0.514. The molecular formula is C29H23FN2O7S. The Bertz CT molecular complexity index is 1640. The number of carbonyl (C=O) groups excluding carboxylic acids is 2. The van der Waals surface area contributed by atoms with Gasteiger partial charge in [0, 0.05) is 28.5 Å². The average Bonchev–Trinajstić information content (AvgIpc) is 3.64. The number of non-ortho nitro benzene ring substituents is 1. The number of amides is 1. The number of nitrogens with zero attached hydrogens (tertiary/aromatic N) is 2. The molecule has 0 spiro atoms. The van der Waals surface area contributed by atoms with Crippen LogP contribution < -0.4 is 0 Å². The summed E-state index contributed by atoms with van der Waals surface area (Å²) in [5.74, 6) is -5.24. The lowest BCUT2D eigenvalue weighted by Gasteiger charge is -2.30. The van der Waals surface area contributed by atoms with Crippen molar-refractivity contribution in [2.24, 2.45) is 5.92 Å². The molecule has 1 aliphatic rings. The van der Waals surface area contributed by atoms with Crippen molar-refractivity contribution in [1.82, 2.24) is 4.90 Å². The third-order valence-corrected chi connectivity index (χ3v) is 8.26. The fourth-order valence-corrected chi connectivity index (χ4v) is 6.57. The number of aryl methyl sites for hydroxylation is 2. The van der Waals surface area contributed by atoms with Crippen molar-refractivity contribution in [3.8, 4) is 0 Å². The zero-order chi connectivity index (χ0) is 28.7. The van der Waals surface area contributed by atoms with Crippen molar-refractivity contribution >= 4 is 34.7 Å². The van der Waals surface area contributed by atoms with Gasteiger partial charge >= 0.3 is 5.97 Å². The summed E-state index contributed by atoms with van der Waals surface area (Å²) >= 11 is 1.25. The number of ketones is 1. The van der Waals surface area contributed by atoms with Gasteiger partial charge in [-0.2, -0.15) is 0 Å². The standard InChI is InChI=1S/C29H23FN2O7S/c1-15-11-12-40-27(15)23-22(26(33)21-10-9-16(2)39-21)24(17-5-4-8-20(14-17)32(37)38)31(25(23)29(35)36)28(34)18-6-3-7-19(30)13-18/h3-14,22-25H,1-2H3,(H,35,36). The number of nitro benzene ring substituents is 1. The molecule has 2 aromatic carbocycles. The number of rotatable bonds is 7. The van der Waals surface area contributed by atoms with E-state index in [4.69, 9.17) is 4.42 Å². The van der Waals surface area contributed by atoms with Gasteiger partial charge in [0.05, 0.1) is 16.9 Å². The lowest BCUT2D eigenvalue weighted by atomic mass is 9.79. The van der Waals surface area contributed by atoms with Crippen LogP contribution in [0.4, 0.5) is 10.1 Å². The number of nitro groups is 1. The molecular weight excluding hydrogens is 539 g/mol. The van der Waals surface area contributed by atoms with Crippen LogP contribution in [0.1, 0.15) is 54.6 Å². The first-order valence-electron chi connectivity index (χ1n) is 12.3. The van der Waals surface area contributed by atoms with Gasteiger partial charge in [-0.3, -0.25) is 19.7 Å². The Kier molecular flexibility index (Phi) is 7.07. The van der Waals surface area contributed by atoms with Gasteiger partial charge in [-0.25, -0.2) is 9.18 Å². The number of furan rings is 1. The second-order valence-electron chi connectivity index (χ2n) is 9.60. The molecule has 4 unspecified atom stereocenters. The molecule has 1 N–H and O–H groups in total. The number of carboxylic acids is 1. The van der Waals surface area contributed by atoms with Gasteiger partial charge < -0.3 is 14.4 Å². The highest BCUT2D eigenvalue weighted by molar-refractivity contribution is 7.10. The van der Waals surface area contributed by atoms with Crippen molar-refractivity contribution in [2.75, 3.05) is 0 Å². The van der Waals surface area contributed by atoms with Crippen LogP contribution in [-0.4, -0.2) is 38.6 Å². The predicted molar refractivity (Wildman–Crippen MR) is 143 cm³/mol. The molecule has 0 radical (unpaired) electrons. The highest BCUT2D eigenvalue weighted by Crippen LogP contribution is 2.53. The molecule has 5 rings (SSSR count). The van der Waals surface area contributed by atoms with Crippen molar-refractivity contribution in [3.63, 3.8) is 0 Å². The van der Waals surface area contributed by atoms with Gasteiger partial charge in [0.2, 0.25) is 5.78 Å². The number of hydrogen-bond donors (Lipinski definition) is 1. The van der Waals surface area contributed by atoms with Crippen LogP contribution in [-0.2, 0) is 4.79 Å². The zero-order valence-electron chi connectivity index (χ0n) is 21.3. The fourth-order valence-electron chi connectivity index (χ4n) is 5.47. The van der Waals surface area contributed by atoms with Crippen LogP contribution in [0.15, 0.2) is 76.5 Å². The Labute approximate surface area is 231 Å². The van der Waals surface area contributed by atoms with Gasteiger partial charge in [0.1, 0.15) is 17.6 Å². The Morgan fingerprint density at radius 1 is 1.05 bits per heavy atom. The Morgan fingerprint density at radius 2 is 1.80 bits per heavy atom. The summed E-state index contributed by atoms with van der Waals surface area (Å²) in [6.07, 6.45) is 0. The highest BCUT2D eigenvalue weighted by atomic mass is 32.1. The van der Waals surface area contributed by atoms with Crippen molar-refractivity contribution in [3.05, 3.63) is 121 Å². The van der Waals surface area contributed by atoms with E-state index in [0.29, 0.717) is 10.6 Å². The summed E-state index contributed by atoms with van der Waals surface area (Å²) in [6.45, 7) is 3.44. The molecule has 0 bridgehead atoms.